The highest BCUT2D eigenvalue weighted by molar-refractivity contribution is 9.10. The standard InChI is InChI=1S/C12H16BrClN2O2S/c13-9-4-5-12(11(14)7-9)16-19(17,18)8-10-3-1-2-6-15-10/h4-5,7,10,15-16H,1-3,6,8H2. The third-order valence-electron chi connectivity index (χ3n) is 3.03. The van der Waals surface area contributed by atoms with Gasteiger partial charge in [0, 0.05) is 10.5 Å². The van der Waals surface area contributed by atoms with Gasteiger partial charge in [0.05, 0.1) is 16.5 Å². The van der Waals surface area contributed by atoms with Crippen LogP contribution in [-0.2, 0) is 10.0 Å². The molecule has 0 aromatic heterocycles. The van der Waals surface area contributed by atoms with Crippen molar-refractivity contribution in [3.63, 3.8) is 0 Å². The highest BCUT2D eigenvalue weighted by Gasteiger charge is 2.21. The Morgan fingerprint density at radius 3 is 2.84 bits per heavy atom. The SMILES string of the molecule is O=S(=O)(CC1CCCCN1)Nc1ccc(Br)cc1Cl. The van der Waals surface area contributed by atoms with E-state index in [0.717, 1.165) is 30.3 Å². The Morgan fingerprint density at radius 1 is 1.42 bits per heavy atom. The van der Waals surface area contributed by atoms with E-state index in [1.807, 2.05) is 0 Å². The average molecular weight is 368 g/mol. The molecule has 106 valence electrons. The van der Waals surface area contributed by atoms with Crippen LogP contribution in [-0.4, -0.2) is 26.8 Å². The Balaban J connectivity index is 2.03. The van der Waals surface area contributed by atoms with Crippen molar-refractivity contribution in [1.82, 2.24) is 5.32 Å². The summed E-state index contributed by atoms with van der Waals surface area (Å²) in [6, 6.07) is 5.10. The molecular formula is C12H16BrClN2O2S. The van der Waals surface area contributed by atoms with Crippen molar-refractivity contribution in [2.24, 2.45) is 0 Å². The molecule has 2 rings (SSSR count). The minimum absolute atomic E-state index is 0.0282. The Morgan fingerprint density at radius 2 is 2.21 bits per heavy atom. The number of benzene rings is 1. The number of halogens is 2. The lowest BCUT2D eigenvalue weighted by Crippen LogP contribution is -2.40. The summed E-state index contributed by atoms with van der Waals surface area (Å²) in [5.74, 6) is 0.0827. The Labute approximate surface area is 127 Å². The summed E-state index contributed by atoms with van der Waals surface area (Å²) in [5, 5.41) is 3.61. The molecule has 19 heavy (non-hydrogen) atoms. The van der Waals surface area contributed by atoms with Crippen LogP contribution in [0.5, 0.6) is 0 Å². The summed E-state index contributed by atoms with van der Waals surface area (Å²) < 4.78 is 27.5. The Hall–Kier alpha value is -0.300. The van der Waals surface area contributed by atoms with Crippen molar-refractivity contribution < 1.29 is 8.42 Å². The lowest BCUT2D eigenvalue weighted by atomic mass is 10.1. The molecule has 0 saturated carbocycles. The van der Waals surface area contributed by atoms with E-state index < -0.39 is 10.0 Å². The van der Waals surface area contributed by atoms with E-state index in [2.05, 4.69) is 26.0 Å². The summed E-state index contributed by atoms with van der Waals surface area (Å²) >= 11 is 9.29. The van der Waals surface area contributed by atoms with E-state index in [-0.39, 0.29) is 11.8 Å². The lowest BCUT2D eigenvalue weighted by Gasteiger charge is -2.23. The van der Waals surface area contributed by atoms with Crippen LogP contribution in [0, 0.1) is 0 Å². The maximum atomic E-state index is 12.1. The van der Waals surface area contributed by atoms with E-state index in [9.17, 15) is 8.42 Å². The topological polar surface area (TPSA) is 58.2 Å². The van der Waals surface area contributed by atoms with Crippen LogP contribution in [0.4, 0.5) is 5.69 Å². The predicted octanol–water partition coefficient (Wildman–Crippen LogP) is 2.99. The van der Waals surface area contributed by atoms with Crippen LogP contribution < -0.4 is 10.0 Å². The van der Waals surface area contributed by atoms with Crippen LogP contribution >= 0.6 is 27.5 Å². The number of nitrogens with one attached hydrogen (secondary N) is 2. The highest BCUT2D eigenvalue weighted by atomic mass is 79.9. The van der Waals surface area contributed by atoms with Crippen LogP contribution in [0.15, 0.2) is 22.7 Å². The van der Waals surface area contributed by atoms with Gasteiger partial charge in [-0.25, -0.2) is 8.42 Å². The number of anilines is 1. The van der Waals surface area contributed by atoms with Gasteiger partial charge in [0.2, 0.25) is 10.0 Å². The van der Waals surface area contributed by atoms with Gasteiger partial charge < -0.3 is 5.32 Å². The monoisotopic (exact) mass is 366 g/mol. The fraction of sp³-hybridized carbons (Fsp3) is 0.500. The number of rotatable bonds is 4. The van der Waals surface area contributed by atoms with E-state index >= 15 is 0 Å². The molecule has 1 saturated heterocycles. The Bertz CT molecular complexity index is 545. The molecule has 0 amide bonds. The second kappa shape index (κ2) is 6.43. The molecule has 1 aromatic carbocycles. The first-order valence-electron chi connectivity index (χ1n) is 6.15. The minimum Gasteiger partial charge on any atom is -0.313 e. The summed E-state index contributed by atoms with van der Waals surface area (Å²) in [4.78, 5) is 0. The summed E-state index contributed by atoms with van der Waals surface area (Å²) in [6.07, 6.45) is 3.09. The van der Waals surface area contributed by atoms with Gasteiger partial charge in [-0.2, -0.15) is 0 Å². The van der Waals surface area contributed by atoms with Gasteiger partial charge in [0.25, 0.3) is 0 Å². The molecule has 0 spiro atoms. The highest BCUT2D eigenvalue weighted by Crippen LogP contribution is 2.26. The number of piperidine rings is 1. The van der Waals surface area contributed by atoms with Gasteiger partial charge >= 0.3 is 0 Å². The largest absolute Gasteiger partial charge is 0.313 e. The fourth-order valence-electron chi connectivity index (χ4n) is 2.11. The molecule has 0 radical (unpaired) electrons. The van der Waals surface area contributed by atoms with Gasteiger partial charge in [-0.1, -0.05) is 34.0 Å². The molecule has 7 heteroatoms. The van der Waals surface area contributed by atoms with E-state index in [4.69, 9.17) is 11.6 Å². The molecule has 1 fully saturated rings. The van der Waals surface area contributed by atoms with Gasteiger partial charge in [-0.3, -0.25) is 4.72 Å². The number of sulfonamides is 1. The zero-order valence-electron chi connectivity index (χ0n) is 10.3. The van der Waals surface area contributed by atoms with Crippen LogP contribution in [0.2, 0.25) is 5.02 Å². The molecule has 1 aliphatic rings. The average Bonchev–Trinajstić information content (AvgIpc) is 2.33. The summed E-state index contributed by atoms with van der Waals surface area (Å²) in [5.41, 5.74) is 0.417. The minimum atomic E-state index is -3.38. The molecular weight excluding hydrogens is 352 g/mol. The lowest BCUT2D eigenvalue weighted by molar-refractivity contribution is 0.424. The van der Waals surface area contributed by atoms with Gasteiger partial charge in [0.1, 0.15) is 0 Å². The Kier molecular flexibility index (Phi) is 5.11. The molecule has 1 atom stereocenters. The molecule has 0 aliphatic carbocycles. The van der Waals surface area contributed by atoms with Crippen molar-refractivity contribution >= 4 is 43.2 Å². The molecule has 2 N–H and O–H groups in total. The van der Waals surface area contributed by atoms with E-state index in [1.165, 1.54) is 0 Å². The van der Waals surface area contributed by atoms with Gasteiger partial charge in [-0.15, -0.1) is 0 Å². The number of hydrogen-bond acceptors (Lipinski definition) is 3. The predicted molar refractivity (Wildman–Crippen MR) is 82.2 cm³/mol. The van der Waals surface area contributed by atoms with Crippen molar-refractivity contribution in [3.8, 4) is 0 Å². The third kappa shape index (κ3) is 4.63. The van der Waals surface area contributed by atoms with Crippen molar-refractivity contribution in [2.45, 2.75) is 25.3 Å². The molecule has 1 unspecified atom stereocenters. The first-order chi connectivity index (χ1) is 8.96. The van der Waals surface area contributed by atoms with Crippen molar-refractivity contribution in [2.75, 3.05) is 17.0 Å². The van der Waals surface area contributed by atoms with Gasteiger partial charge in [-0.05, 0) is 37.6 Å². The molecule has 1 aliphatic heterocycles. The second-order valence-electron chi connectivity index (χ2n) is 4.65. The maximum Gasteiger partial charge on any atom is 0.234 e. The molecule has 1 heterocycles. The summed E-state index contributed by atoms with van der Waals surface area (Å²) in [7, 11) is -3.38. The molecule has 4 nitrogen and oxygen atoms in total. The fourth-order valence-corrected chi connectivity index (χ4v) is 4.30. The van der Waals surface area contributed by atoms with Crippen molar-refractivity contribution in [3.05, 3.63) is 27.7 Å². The van der Waals surface area contributed by atoms with Crippen molar-refractivity contribution in [1.29, 1.82) is 0 Å². The zero-order chi connectivity index (χ0) is 13.9. The molecule has 0 bridgehead atoms. The summed E-state index contributed by atoms with van der Waals surface area (Å²) in [6.45, 7) is 0.888. The van der Waals surface area contributed by atoms with Crippen LogP contribution in [0.3, 0.4) is 0 Å². The smallest absolute Gasteiger partial charge is 0.234 e. The zero-order valence-corrected chi connectivity index (χ0v) is 13.5. The molecule has 1 aromatic rings. The quantitative estimate of drug-likeness (QED) is 0.860. The normalized spacial score (nSPS) is 20.2. The van der Waals surface area contributed by atoms with E-state index in [1.54, 1.807) is 18.2 Å². The number of hydrogen-bond donors (Lipinski definition) is 2. The maximum absolute atomic E-state index is 12.1. The van der Waals surface area contributed by atoms with E-state index in [0.29, 0.717) is 10.7 Å². The van der Waals surface area contributed by atoms with Gasteiger partial charge in [0.15, 0.2) is 0 Å². The third-order valence-corrected chi connectivity index (χ3v) is 5.21. The first kappa shape index (κ1) is 15.1. The second-order valence-corrected chi connectivity index (χ2v) is 7.74. The van der Waals surface area contributed by atoms with Crippen LogP contribution in [0.25, 0.3) is 0 Å². The first-order valence-corrected chi connectivity index (χ1v) is 8.97. The van der Waals surface area contributed by atoms with Crippen LogP contribution in [0.1, 0.15) is 19.3 Å².